The van der Waals surface area contributed by atoms with E-state index in [1.807, 2.05) is 61.7 Å². The zero-order valence-electron chi connectivity index (χ0n) is 17.9. The van der Waals surface area contributed by atoms with Gasteiger partial charge in [-0.1, -0.05) is 17.8 Å². The Kier molecular flexibility index (Phi) is 6.99. The van der Waals surface area contributed by atoms with Crippen molar-refractivity contribution in [3.05, 3.63) is 47.5 Å². The topological polar surface area (TPSA) is 78.3 Å². The van der Waals surface area contributed by atoms with Gasteiger partial charge in [-0.05, 0) is 56.2 Å². The van der Waals surface area contributed by atoms with E-state index in [-0.39, 0.29) is 11.7 Å². The van der Waals surface area contributed by atoms with E-state index in [0.717, 1.165) is 16.8 Å². The van der Waals surface area contributed by atoms with Gasteiger partial charge < -0.3 is 19.4 Å². The van der Waals surface area contributed by atoms with Crippen LogP contribution in [0.5, 0.6) is 11.5 Å². The molecule has 0 saturated heterocycles. The summed E-state index contributed by atoms with van der Waals surface area (Å²) in [7, 11) is 3.22. The Morgan fingerprint density at radius 1 is 1.03 bits per heavy atom. The molecule has 0 saturated carbocycles. The molecule has 0 aliphatic rings. The molecule has 30 heavy (non-hydrogen) atoms. The molecule has 8 heteroatoms. The molecule has 158 valence electrons. The van der Waals surface area contributed by atoms with Gasteiger partial charge in [-0.2, -0.15) is 0 Å². The molecule has 0 unspecified atom stereocenters. The number of amides is 1. The molecule has 0 radical (unpaired) electrons. The maximum absolute atomic E-state index is 12.4. The normalized spacial score (nSPS) is 10.7. The molecule has 3 rings (SSSR count). The lowest BCUT2D eigenvalue weighted by atomic mass is 10.1. The number of rotatable bonds is 8. The number of aryl methyl sites for hydroxylation is 2. The number of methoxy groups -OCH3 is 2. The highest BCUT2D eigenvalue weighted by molar-refractivity contribution is 7.99. The highest BCUT2D eigenvalue weighted by Crippen LogP contribution is 2.31. The standard InChI is InChI=1S/C22H26N4O3S/c1-6-26-21(16-10-18(28-4)12-19(11-16)29-5)24-25-22(26)30-13-20(27)23-17-8-7-14(2)15(3)9-17/h7-12H,6,13H2,1-5H3,(H,23,27). The number of benzene rings is 2. The summed E-state index contributed by atoms with van der Waals surface area (Å²) in [5.74, 6) is 2.21. The summed E-state index contributed by atoms with van der Waals surface area (Å²) in [5, 5.41) is 12.3. The number of aromatic nitrogens is 3. The fourth-order valence-corrected chi connectivity index (χ4v) is 3.78. The zero-order valence-corrected chi connectivity index (χ0v) is 18.7. The average molecular weight is 427 g/mol. The fourth-order valence-electron chi connectivity index (χ4n) is 2.98. The van der Waals surface area contributed by atoms with Gasteiger partial charge >= 0.3 is 0 Å². The number of ether oxygens (including phenoxy) is 2. The third-order valence-electron chi connectivity index (χ3n) is 4.77. The molecule has 1 heterocycles. The Bertz CT molecular complexity index is 1030. The first kappa shape index (κ1) is 21.7. The van der Waals surface area contributed by atoms with Crippen molar-refractivity contribution in [1.82, 2.24) is 14.8 Å². The molecule has 0 aliphatic heterocycles. The molecule has 0 aliphatic carbocycles. The summed E-state index contributed by atoms with van der Waals surface area (Å²) in [6.07, 6.45) is 0. The number of nitrogens with zero attached hydrogens (tertiary/aromatic N) is 3. The van der Waals surface area contributed by atoms with Gasteiger partial charge in [-0.3, -0.25) is 4.79 Å². The van der Waals surface area contributed by atoms with Crippen LogP contribution in [0, 0.1) is 13.8 Å². The summed E-state index contributed by atoms with van der Waals surface area (Å²) in [5.41, 5.74) is 3.97. The Labute approximate surface area is 180 Å². The average Bonchev–Trinajstić information content (AvgIpc) is 3.17. The first-order chi connectivity index (χ1) is 14.4. The third-order valence-corrected chi connectivity index (χ3v) is 5.73. The second kappa shape index (κ2) is 9.67. The minimum absolute atomic E-state index is 0.0847. The highest BCUT2D eigenvalue weighted by atomic mass is 32.2. The Hall–Kier alpha value is -3.00. The van der Waals surface area contributed by atoms with Crippen LogP contribution in [0.15, 0.2) is 41.6 Å². The smallest absolute Gasteiger partial charge is 0.234 e. The minimum Gasteiger partial charge on any atom is -0.497 e. The van der Waals surface area contributed by atoms with Gasteiger partial charge in [-0.25, -0.2) is 0 Å². The highest BCUT2D eigenvalue weighted by Gasteiger charge is 2.16. The Balaban J connectivity index is 1.74. The van der Waals surface area contributed by atoms with E-state index in [2.05, 4.69) is 15.5 Å². The summed E-state index contributed by atoms with van der Waals surface area (Å²) in [4.78, 5) is 12.4. The van der Waals surface area contributed by atoms with Gasteiger partial charge in [0, 0.05) is 23.9 Å². The maximum atomic E-state index is 12.4. The van der Waals surface area contributed by atoms with E-state index in [0.29, 0.717) is 29.0 Å². The van der Waals surface area contributed by atoms with Crippen LogP contribution in [0.25, 0.3) is 11.4 Å². The van der Waals surface area contributed by atoms with E-state index in [9.17, 15) is 4.79 Å². The predicted molar refractivity (Wildman–Crippen MR) is 120 cm³/mol. The molecule has 3 aromatic rings. The van der Waals surface area contributed by atoms with Crippen molar-refractivity contribution in [2.75, 3.05) is 25.3 Å². The molecular formula is C22H26N4O3S. The molecule has 0 bridgehead atoms. The molecule has 7 nitrogen and oxygen atoms in total. The predicted octanol–water partition coefficient (Wildman–Crippen LogP) is 4.33. The van der Waals surface area contributed by atoms with E-state index >= 15 is 0 Å². The van der Waals surface area contributed by atoms with E-state index in [1.165, 1.54) is 17.3 Å². The summed E-state index contributed by atoms with van der Waals surface area (Å²) >= 11 is 1.36. The SMILES string of the molecule is CCn1c(SCC(=O)Nc2ccc(C)c(C)c2)nnc1-c1cc(OC)cc(OC)c1. The molecule has 0 atom stereocenters. The number of hydrogen-bond donors (Lipinski definition) is 1. The lowest BCUT2D eigenvalue weighted by Crippen LogP contribution is -2.14. The van der Waals surface area contributed by atoms with Crippen molar-refractivity contribution < 1.29 is 14.3 Å². The summed E-state index contributed by atoms with van der Waals surface area (Å²) in [6, 6.07) is 11.5. The number of thioether (sulfide) groups is 1. The van der Waals surface area contributed by atoms with Crippen molar-refractivity contribution in [1.29, 1.82) is 0 Å². The van der Waals surface area contributed by atoms with Crippen LogP contribution in [-0.2, 0) is 11.3 Å². The molecule has 2 aromatic carbocycles. The van der Waals surface area contributed by atoms with Crippen LogP contribution < -0.4 is 14.8 Å². The second-order valence-electron chi connectivity index (χ2n) is 6.79. The molecule has 0 spiro atoms. The van der Waals surface area contributed by atoms with Crippen LogP contribution in [0.3, 0.4) is 0 Å². The Morgan fingerprint density at radius 3 is 2.33 bits per heavy atom. The summed E-state index contributed by atoms with van der Waals surface area (Å²) < 4.78 is 12.7. The van der Waals surface area contributed by atoms with Gasteiger partial charge in [0.1, 0.15) is 11.5 Å². The summed E-state index contributed by atoms with van der Waals surface area (Å²) in [6.45, 7) is 6.76. The van der Waals surface area contributed by atoms with Crippen molar-refractivity contribution in [2.45, 2.75) is 32.5 Å². The van der Waals surface area contributed by atoms with Crippen LogP contribution in [0.4, 0.5) is 5.69 Å². The Morgan fingerprint density at radius 2 is 1.73 bits per heavy atom. The van der Waals surface area contributed by atoms with Crippen LogP contribution in [0.1, 0.15) is 18.1 Å². The van der Waals surface area contributed by atoms with Gasteiger partial charge in [-0.15, -0.1) is 10.2 Å². The van der Waals surface area contributed by atoms with Crippen molar-refractivity contribution >= 4 is 23.4 Å². The number of nitrogens with one attached hydrogen (secondary N) is 1. The van der Waals surface area contributed by atoms with Gasteiger partial charge in [0.15, 0.2) is 11.0 Å². The number of carbonyl (C=O) groups is 1. The van der Waals surface area contributed by atoms with E-state index in [1.54, 1.807) is 14.2 Å². The lowest BCUT2D eigenvalue weighted by molar-refractivity contribution is -0.113. The first-order valence-electron chi connectivity index (χ1n) is 9.61. The van der Waals surface area contributed by atoms with Crippen LogP contribution in [0.2, 0.25) is 0 Å². The number of anilines is 1. The van der Waals surface area contributed by atoms with Gasteiger partial charge in [0.05, 0.1) is 20.0 Å². The first-order valence-corrected chi connectivity index (χ1v) is 10.6. The van der Waals surface area contributed by atoms with E-state index in [4.69, 9.17) is 9.47 Å². The van der Waals surface area contributed by atoms with Crippen molar-refractivity contribution in [2.24, 2.45) is 0 Å². The number of carbonyl (C=O) groups excluding carboxylic acids is 1. The monoisotopic (exact) mass is 426 g/mol. The van der Waals surface area contributed by atoms with E-state index < -0.39 is 0 Å². The van der Waals surface area contributed by atoms with Gasteiger partial charge in [0.25, 0.3) is 0 Å². The second-order valence-corrected chi connectivity index (χ2v) is 7.73. The minimum atomic E-state index is -0.0847. The quantitative estimate of drug-likeness (QED) is 0.540. The van der Waals surface area contributed by atoms with Crippen LogP contribution in [-0.4, -0.2) is 40.6 Å². The largest absolute Gasteiger partial charge is 0.497 e. The lowest BCUT2D eigenvalue weighted by Gasteiger charge is -2.10. The van der Waals surface area contributed by atoms with Crippen molar-refractivity contribution in [3.8, 4) is 22.9 Å². The fraction of sp³-hybridized carbons (Fsp3) is 0.318. The molecule has 1 N–H and O–H groups in total. The number of hydrogen-bond acceptors (Lipinski definition) is 6. The molecule has 1 amide bonds. The molecular weight excluding hydrogens is 400 g/mol. The maximum Gasteiger partial charge on any atom is 0.234 e. The zero-order chi connectivity index (χ0) is 21.7. The third kappa shape index (κ3) is 4.94. The molecule has 0 fully saturated rings. The van der Waals surface area contributed by atoms with Crippen molar-refractivity contribution in [3.63, 3.8) is 0 Å². The van der Waals surface area contributed by atoms with Crippen LogP contribution >= 0.6 is 11.8 Å². The van der Waals surface area contributed by atoms with Gasteiger partial charge in [0.2, 0.25) is 5.91 Å². The molecule has 1 aromatic heterocycles.